The monoisotopic (exact) mass is 272 g/mol. The number of carbonyl (C=O) groups is 2. The molecule has 1 aromatic heterocycles. The molecule has 0 aliphatic carbocycles. The van der Waals surface area contributed by atoms with E-state index in [1.807, 2.05) is 0 Å². The Bertz CT molecular complexity index is 469. The average molecular weight is 273 g/mol. The fraction of sp³-hybridized carbons (Fsp3) is 0.300. The van der Waals surface area contributed by atoms with Crippen LogP contribution in [0.2, 0.25) is 5.15 Å². The summed E-state index contributed by atoms with van der Waals surface area (Å²) in [7, 11) is 0. The number of carboxylic acids is 1. The van der Waals surface area contributed by atoms with Crippen LogP contribution in [0.3, 0.4) is 0 Å². The SMILES string of the molecule is O=C(O)[C@@H]1CSCN1C(=O)c1cccc(Cl)n1. The zero-order chi connectivity index (χ0) is 12.4. The normalized spacial score (nSPS) is 19.4. The van der Waals surface area contributed by atoms with E-state index in [-0.39, 0.29) is 10.8 Å². The molecule has 0 spiro atoms. The van der Waals surface area contributed by atoms with E-state index < -0.39 is 17.9 Å². The van der Waals surface area contributed by atoms with Crippen molar-refractivity contribution in [3.05, 3.63) is 29.0 Å². The molecule has 17 heavy (non-hydrogen) atoms. The Morgan fingerprint density at radius 3 is 2.94 bits per heavy atom. The highest BCUT2D eigenvalue weighted by atomic mass is 35.5. The van der Waals surface area contributed by atoms with Gasteiger partial charge in [0.15, 0.2) is 0 Å². The third-order valence-corrected chi connectivity index (χ3v) is 3.59. The van der Waals surface area contributed by atoms with E-state index in [1.54, 1.807) is 12.1 Å². The van der Waals surface area contributed by atoms with Crippen molar-refractivity contribution >= 4 is 35.2 Å². The molecule has 1 fully saturated rings. The van der Waals surface area contributed by atoms with Crippen molar-refractivity contribution in [2.24, 2.45) is 0 Å². The van der Waals surface area contributed by atoms with Gasteiger partial charge in [0.1, 0.15) is 16.9 Å². The van der Waals surface area contributed by atoms with Gasteiger partial charge >= 0.3 is 5.97 Å². The van der Waals surface area contributed by atoms with E-state index in [4.69, 9.17) is 16.7 Å². The second-order valence-corrected chi connectivity index (χ2v) is 4.86. The highest BCUT2D eigenvalue weighted by Gasteiger charge is 2.35. The number of hydrogen-bond donors (Lipinski definition) is 1. The van der Waals surface area contributed by atoms with E-state index >= 15 is 0 Å². The fourth-order valence-corrected chi connectivity index (χ4v) is 2.83. The van der Waals surface area contributed by atoms with Crippen LogP contribution in [0.4, 0.5) is 0 Å². The summed E-state index contributed by atoms with van der Waals surface area (Å²) in [6.07, 6.45) is 0. The van der Waals surface area contributed by atoms with E-state index in [9.17, 15) is 9.59 Å². The molecular weight excluding hydrogens is 264 g/mol. The van der Waals surface area contributed by atoms with Gasteiger partial charge in [0.25, 0.3) is 5.91 Å². The van der Waals surface area contributed by atoms with E-state index in [0.717, 1.165) is 0 Å². The second-order valence-electron chi connectivity index (χ2n) is 3.47. The third kappa shape index (κ3) is 2.53. The van der Waals surface area contributed by atoms with Crippen molar-refractivity contribution in [1.82, 2.24) is 9.88 Å². The number of thioether (sulfide) groups is 1. The Labute approximate surface area is 107 Å². The maximum absolute atomic E-state index is 12.0. The number of carboxylic acid groups (broad SMARTS) is 1. The largest absolute Gasteiger partial charge is 0.480 e. The van der Waals surface area contributed by atoms with Gasteiger partial charge in [-0.15, -0.1) is 11.8 Å². The number of halogens is 1. The summed E-state index contributed by atoms with van der Waals surface area (Å²) in [6.45, 7) is 0. The lowest BCUT2D eigenvalue weighted by Gasteiger charge is -2.19. The van der Waals surface area contributed by atoms with Crippen molar-refractivity contribution in [3.63, 3.8) is 0 Å². The number of amides is 1. The van der Waals surface area contributed by atoms with Crippen molar-refractivity contribution in [3.8, 4) is 0 Å². The van der Waals surface area contributed by atoms with Gasteiger partial charge in [-0.25, -0.2) is 9.78 Å². The highest BCUT2D eigenvalue weighted by Crippen LogP contribution is 2.23. The van der Waals surface area contributed by atoms with Gasteiger partial charge in [0, 0.05) is 5.75 Å². The lowest BCUT2D eigenvalue weighted by Crippen LogP contribution is -2.42. The summed E-state index contributed by atoms with van der Waals surface area (Å²) in [5.41, 5.74) is 0.172. The molecular formula is C10H9ClN2O3S. The van der Waals surface area contributed by atoms with Crippen LogP contribution in [0.1, 0.15) is 10.5 Å². The van der Waals surface area contributed by atoms with Gasteiger partial charge in [-0.05, 0) is 12.1 Å². The summed E-state index contributed by atoms with van der Waals surface area (Å²) in [4.78, 5) is 28.2. The van der Waals surface area contributed by atoms with Crippen molar-refractivity contribution in [1.29, 1.82) is 0 Å². The lowest BCUT2D eigenvalue weighted by molar-refractivity contribution is -0.140. The molecule has 2 rings (SSSR count). The number of nitrogens with zero attached hydrogens (tertiary/aromatic N) is 2. The van der Waals surface area contributed by atoms with Gasteiger partial charge in [-0.3, -0.25) is 4.79 Å². The molecule has 1 aliphatic rings. The summed E-state index contributed by atoms with van der Waals surface area (Å²) in [5.74, 6) is -0.624. The van der Waals surface area contributed by atoms with Crippen LogP contribution in [0, 0.1) is 0 Å². The average Bonchev–Trinajstić information content (AvgIpc) is 2.77. The maximum atomic E-state index is 12.0. The van der Waals surface area contributed by atoms with Crippen LogP contribution in [0.25, 0.3) is 0 Å². The van der Waals surface area contributed by atoms with Crippen LogP contribution in [-0.4, -0.2) is 44.5 Å². The van der Waals surface area contributed by atoms with Crippen molar-refractivity contribution in [2.75, 3.05) is 11.6 Å². The molecule has 0 unspecified atom stereocenters. The topological polar surface area (TPSA) is 70.5 Å². The molecule has 7 heteroatoms. The summed E-state index contributed by atoms with van der Waals surface area (Å²) >= 11 is 7.10. The fourth-order valence-electron chi connectivity index (χ4n) is 1.52. The first-order valence-corrected chi connectivity index (χ1v) is 6.37. The van der Waals surface area contributed by atoms with Gasteiger partial charge in [0.2, 0.25) is 0 Å². The molecule has 1 aromatic rings. The Kier molecular flexibility index (Phi) is 3.54. The van der Waals surface area contributed by atoms with Crippen LogP contribution >= 0.6 is 23.4 Å². The van der Waals surface area contributed by atoms with Gasteiger partial charge in [-0.1, -0.05) is 17.7 Å². The number of pyridine rings is 1. The maximum Gasteiger partial charge on any atom is 0.327 e. The third-order valence-electron chi connectivity index (χ3n) is 2.36. The first-order chi connectivity index (χ1) is 8.09. The van der Waals surface area contributed by atoms with Crippen LogP contribution in [0.5, 0.6) is 0 Å². The molecule has 1 atom stereocenters. The Morgan fingerprint density at radius 1 is 1.53 bits per heavy atom. The molecule has 1 N–H and O–H groups in total. The van der Waals surface area contributed by atoms with Crippen LogP contribution in [0.15, 0.2) is 18.2 Å². The highest BCUT2D eigenvalue weighted by molar-refractivity contribution is 7.99. The lowest BCUT2D eigenvalue weighted by atomic mass is 10.2. The molecule has 2 heterocycles. The van der Waals surface area contributed by atoms with Crippen molar-refractivity contribution < 1.29 is 14.7 Å². The zero-order valence-corrected chi connectivity index (χ0v) is 10.2. The Hall–Kier alpha value is -1.27. The number of carbonyl (C=O) groups excluding carboxylic acids is 1. The molecule has 0 radical (unpaired) electrons. The minimum atomic E-state index is -0.995. The molecule has 0 bridgehead atoms. The number of aliphatic carboxylic acids is 1. The molecule has 0 aromatic carbocycles. The van der Waals surface area contributed by atoms with Crippen molar-refractivity contribution in [2.45, 2.75) is 6.04 Å². The van der Waals surface area contributed by atoms with E-state index in [1.165, 1.54) is 22.7 Å². The number of aromatic nitrogens is 1. The molecule has 0 saturated carbocycles. The molecule has 5 nitrogen and oxygen atoms in total. The molecule has 1 saturated heterocycles. The summed E-state index contributed by atoms with van der Waals surface area (Å²) in [6, 6.07) is 3.91. The quantitative estimate of drug-likeness (QED) is 0.823. The number of hydrogen-bond acceptors (Lipinski definition) is 4. The smallest absolute Gasteiger partial charge is 0.327 e. The first-order valence-electron chi connectivity index (χ1n) is 4.83. The van der Waals surface area contributed by atoms with E-state index in [0.29, 0.717) is 11.6 Å². The minimum Gasteiger partial charge on any atom is -0.480 e. The van der Waals surface area contributed by atoms with Crippen LogP contribution < -0.4 is 0 Å². The predicted molar refractivity (Wildman–Crippen MR) is 64.2 cm³/mol. The summed E-state index contributed by atoms with van der Waals surface area (Å²) in [5, 5.41) is 9.20. The molecule has 1 amide bonds. The predicted octanol–water partition coefficient (Wildman–Crippen LogP) is 1.33. The van der Waals surface area contributed by atoms with E-state index in [2.05, 4.69) is 4.98 Å². The zero-order valence-electron chi connectivity index (χ0n) is 8.67. The molecule has 1 aliphatic heterocycles. The summed E-state index contributed by atoms with van der Waals surface area (Å²) < 4.78 is 0. The second kappa shape index (κ2) is 4.93. The standard InChI is InChI=1S/C10H9ClN2O3S/c11-8-3-1-2-6(12-8)9(14)13-5-17-4-7(13)10(15)16/h1-3,7H,4-5H2,(H,15,16)/t7-/m0/s1. The number of rotatable bonds is 2. The van der Waals surface area contributed by atoms with Gasteiger partial charge < -0.3 is 10.0 Å². The first kappa shape index (κ1) is 12.2. The Balaban J connectivity index is 2.23. The molecule has 90 valence electrons. The minimum absolute atomic E-state index is 0.172. The Morgan fingerprint density at radius 2 is 2.29 bits per heavy atom. The van der Waals surface area contributed by atoms with Gasteiger partial charge in [-0.2, -0.15) is 0 Å². The van der Waals surface area contributed by atoms with Gasteiger partial charge in [0.05, 0.1) is 5.88 Å². The van der Waals surface area contributed by atoms with Crippen LogP contribution in [-0.2, 0) is 4.79 Å².